The zero-order valence-electron chi connectivity index (χ0n) is 11.8. The fourth-order valence-electron chi connectivity index (χ4n) is 3.45. The Bertz CT molecular complexity index is 523. The molecule has 2 fully saturated rings. The largest absolute Gasteiger partial charge is 0.476 e. The number of hydrogen-bond donors (Lipinski definition) is 2. The quantitative estimate of drug-likeness (QED) is 0.560. The monoisotopic (exact) mass is 298 g/mol. The molecule has 3 rings (SSSR count). The molecule has 0 aromatic rings. The molecular formula is C13H20N3O3S+. The lowest BCUT2D eigenvalue weighted by atomic mass is 9.90. The molecule has 0 spiro atoms. The number of quaternary nitrogens is 1. The summed E-state index contributed by atoms with van der Waals surface area (Å²) < 4.78 is 0.645. The first-order valence-corrected chi connectivity index (χ1v) is 7.89. The molecule has 0 bridgehead atoms. The molecule has 0 aromatic heterocycles. The molecule has 2 atom stereocenters. The highest BCUT2D eigenvalue weighted by Crippen LogP contribution is 2.46. The molecule has 0 saturated carbocycles. The average molecular weight is 298 g/mol. The summed E-state index contributed by atoms with van der Waals surface area (Å²) in [5.41, 5.74) is 6.07. The number of carbonyl (C=O) groups excluding carboxylic acids is 1. The van der Waals surface area contributed by atoms with Crippen LogP contribution in [-0.4, -0.2) is 63.2 Å². The molecule has 3 N–H and O–H groups in total. The van der Waals surface area contributed by atoms with Crippen LogP contribution in [0.25, 0.3) is 0 Å². The van der Waals surface area contributed by atoms with Gasteiger partial charge in [-0.15, -0.1) is 11.8 Å². The zero-order chi connectivity index (χ0) is 14.7. The minimum atomic E-state index is -1.01. The first kappa shape index (κ1) is 13.9. The molecule has 2 saturated heterocycles. The van der Waals surface area contributed by atoms with Gasteiger partial charge in [0.05, 0.1) is 25.9 Å². The van der Waals surface area contributed by atoms with Crippen molar-refractivity contribution in [2.75, 3.05) is 25.9 Å². The third kappa shape index (κ3) is 1.66. The van der Waals surface area contributed by atoms with Crippen LogP contribution < -0.4 is 5.73 Å². The zero-order valence-corrected chi connectivity index (χ0v) is 12.6. The molecule has 1 amide bonds. The number of thioether (sulfide) groups is 1. The second-order valence-electron chi connectivity index (χ2n) is 6.27. The van der Waals surface area contributed by atoms with Gasteiger partial charge in [-0.25, -0.2) is 4.79 Å². The summed E-state index contributed by atoms with van der Waals surface area (Å²) in [7, 11) is 2.07. The highest BCUT2D eigenvalue weighted by Gasteiger charge is 2.61. The molecular weight excluding hydrogens is 278 g/mol. The van der Waals surface area contributed by atoms with Crippen molar-refractivity contribution in [1.82, 2.24) is 4.90 Å². The Morgan fingerprint density at radius 1 is 1.50 bits per heavy atom. The number of amides is 1. The van der Waals surface area contributed by atoms with Gasteiger partial charge in [-0.3, -0.25) is 14.2 Å². The number of β-lactam (4-membered cyclic amide) rings is 1. The van der Waals surface area contributed by atoms with Gasteiger partial charge in [0.1, 0.15) is 10.9 Å². The molecule has 110 valence electrons. The molecule has 3 aliphatic heterocycles. The predicted octanol–water partition coefficient (Wildman–Crippen LogP) is 0.156. The smallest absolute Gasteiger partial charge is 0.358 e. The topological polar surface area (TPSA) is 83.6 Å². The minimum Gasteiger partial charge on any atom is -0.476 e. The fraction of sp³-hybridized carbons (Fsp3) is 0.692. The Morgan fingerprint density at radius 3 is 2.65 bits per heavy atom. The van der Waals surface area contributed by atoms with Gasteiger partial charge >= 0.3 is 5.97 Å². The maximum absolute atomic E-state index is 12.2. The molecule has 7 heteroatoms. The van der Waals surface area contributed by atoms with Gasteiger partial charge in [0.2, 0.25) is 0 Å². The van der Waals surface area contributed by atoms with Crippen LogP contribution in [0.3, 0.4) is 0 Å². The first-order valence-electron chi connectivity index (χ1n) is 6.85. The van der Waals surface area contributed by atoms with Gasteiger partial charge in [0, 0.05) is 12.8 Å². The Kier molecular flexibility index (Phi) is 2.94. The van der Waals surface area contributed by atoms with Crippen molar-refractivity contribution in [3.05, 3.63) is 11.4 Å². The molecule has 0 aromatic carbocycles. The average Bonchev–Trinajstić information content (AvgIpc) is 2.84. The second-order valence-corrected chi connectivity index (χ2v) is 7.34. The van der Waals surface area contributed by atoms with E-state index < -0.39 is 11.5 Å². The summed E-state index contributed by atoms with van der Waals surface area (Å²) in [6.07, 6.45) is 2.20. The molecule has 3 heterocycles. The minimum absolute atomic E-state index is 0.172. The van der Waals surface area contributed by atoms with Crippen molar-refractivity contribution in [2.24, 2.45) is 5.73 Å². The standard InChI is InChI=1S/C13H19N3O3S/c1-13(14)11(19)15-9(10(17)18)8(7-20-12(13)15)16(2)5-3-4-6-16/h12H,3-7,14H2,1-2H3/p+1/t12-,13?/m0/s1. The highest BCUT2D eigenvalue weighted by molar-refractivity contribution is 8.00. The van der Waals surface area contributed by atoms with E-state index in [0.717, 1.165) is 31.6 Å². The van der Waals surface area contributed by atoms with E-state index in [9.17, 15) is 14.7 Å². The van der Waals surface area contributed by atoms with E-state index in [0.29, 0.717) is 10.2 Å². The van der Waals surface area contributed by atoms with Crippen LogP contribution in [0, 0.1) is 0 Å². The number of nitrogens with zero attached hydrogens (tertiary/aromatic N) is 2. The van der Waals surface area contributed by atoms with Crippen molar-refractivity contribution < 1.29 is 19.2 Å². The number of likely N-dealkylation sites (tertiary alicyclic amines) is 1. The molecule has 6 nitrogen and oxygen atoms in total. The van der Waals surface area contributed by atoms with Crippen molar-refractivity contribution in [3.63, 3.8) is 0 Å². The van der Waals surface area contributed by atoms with Crippen LogP contribution in [0.4, 0.5) is 0 Å². The Balaban J connectivity index is 2.06. The number of carboxylic acid groups (broad SMARTS) is 1. The molecule has 3 aliphatic rings. The lowest BCUT2D eigenvalue weighted by Crippen LogP contribution is -2.77. The first-order chi connectivity index (χ1) is 9.29. The highest BCUT2D eigenvalue weighted by atomic mass is 32.2. The lowest BCUT2D eigenvalue weighted by Gasteiger charge is -2.54. The van der Waals surface area contributed by atoms with Crippen LogP contribution in [0.15, 0.2) is 11.4 Å². The van der Waals surface area contributed by atoms with Crippen LogP contribution >= 0.6 is 11.8 Å². The van der Waals surface area contributed by atoms with E-state index in [1.54, 1.807) is 18.7 Å². The number of fused-ring (bicyclic) bond motifs is 1. The fourth-order valence-corrected chi connectivity index (χ4v) is 5.01. The van der Waals surface area contributed by atoms with E-state index in [-0.39, 0.29) is 17.0 Å². The van der Waals surface area contributed by atoms with Crippen LogP contribution in [0.5, 0.6) is 0 Å². The number of nitrogens with two attached hydrogens (primary N) is 1. The molecule has 20 heavy (non-hydrogen) atoms. The van der Waals surface area contributed by atoms with Crippen LogP contribution in [-0.2, 0) is 9.59 Å². The summed E-state index contributed by atoms with van der Waals surface area (Å²) >= 11 is 1.58. The van der Waals surface area contributed by atoms with Gasteiger partial charge in [-0.05, 0) is 6.92 Å². The Morgan fingerprint density at radius 2 is 2.10 bits per heavy atom. The number of carbonyl (C=O) groups is 2. The third-order valence-corrected chi connectivity index (χ3v) is 6.18. The number of carboxylic acids is 1. The maximum atomic E-state index is 12.2. The van der Waals surface area contributed by atoms with E-state index in [1.807, 2.05) is 0 Å². The molecule has 0 radical (unpaired) electrons. The number of aliphatic carboxylic acids is 1. The van der Waals surface area contributed by atoms with Gasteiger partial charge in [0.25, 0.3) is 5.91 Å². The summed E-state index contributed by atoms with van der Waals surface area (Å²) in [5.74, 6) is -0.657. The van der Waals surface area contributed by atoms with E-state index in [1.165, 1.54) is 4.90 Å². The third-order valence-electron chi connectivity index (χ3n) is 4.73. The van der Waals surface area contributed by atoms with E-state index in [4.69, 9.17) is 5.73 Å². The molecule has 0 aliphatic carbocycles. The van der Waals surface area contributed by atoms with Crippen molar-refractivity contribution in [3.8, 4) is 0 Å². The van der Waals surface area contributed by atoms with Crippen molar-refractivity contribution in [1.29, 1.82) is 0 Å². The SMILES string of the molecule is CC1(N)C(=O)N2C(C(=O)O)=C([N+]3(C)CCCC3)CS[C@H]21. The summed E-state index contributed by atoms with van der Waals surface area (Å²) in [6.45, 7) is 3.57. The predicted molar refractivity (Wildman–Crippen MR) is 75.5 cm³/mol. The normalized spacial score (nSPS) is 35.9. The van der Waals surface area contributed by atoms with Gasteiger partial charge < -0.3 is 10.8 Å². The lowest BCUT2D eigenvalue weighted by molar-refractivity contribution is -0.860. The van der Waals surface area contributed by atoms with Crippen LogP contribution in [0.2, 0.25) is 0 Å². The van der Waals surface area contributed by atoms with Crippen molar-refractivity contribution in [2.45, 2.75) is 30.7 Å². The van der Waals surface area contributed by atoms with Crippen molar-refractivity contribution >= 4 is 23.6 Å². The van der Waals surface area contributed by atoms with Gasteiger partial charge in [0.15, 0.2) is 11.4 Å². The van der Waals surface area contributed by atoms with Gasteiger partial charge in [-0.2, -0.15) is 0 Å². The molecule has 1 unspecified atom stereocenters. The van der Waals surface area contributed by atoms with E-state index in [2.05, 4.69) is 7.05 Å². The van der Waals surface area contributed by atoms with E-state index >= 15 is 0 Å². The summed E-state index contributed by atoms with van der Waals surface area (Å²) in [5, 5.41) is 9.33. The summed E-state index contributed by atoms with van der Waals surface area (Å²) in [6, 6.07) is 0. The van der Waals surface area contributed by atoms with Crippen LogP contribution in [0.1, 0.15) is 19.8 Å². The number of rotatable bonds is 2. The summed E-state index contributed by atoms with van der Waals surface area (Å²) in [4.78, 5) is 25.3. The Labute approximate surface area is 122 Å². The Hall–Kier alpha value is -1.05. The number of hydrogen-bond acceptors (Lipinski definition) is 4. The maximum Gasteiger partial charge on any atom is 0.358 e. The second kappa shape index (κ2) is 4.22. The van der Waals surface area contributed by atoms with Gasteiger partial charge in [-0.1, -0.05) is 0 Å².